The van der Waals surface area contributed by atoms with Crippen molar-refractivity contribution in [2.24, 2.45) is 5.73 Å². The van der Waals surface area contributed by atoms with E-state index in [1.807, 2.05) is 30.3 Å². The topological polar surface area (TPSA) is 55.1 Å². The highest BCUT2D eigenvalue weighted by atomic mass is 19.2. The number of amides is 1. The van der Waals surface area contributed by atoms with Crippen molar-refractivity contribution in [2.45, 2.75) is 18.9 Å². The van der Waals surface area contributed by atoms with E-state index >= 15 is 0 Å². The lowest BCUT2D eigenvalue weighted by atomic mass is 10.0. The smallest absolute Gasteiger partial charge is 0.224 e. The maximum atomic E-state index is 13.0. The quantitative estimate of drug-likeness (QED) is 0.887. The molecule has 3 N–H and O–H groups in total. The highest BCUT2D eigenvalue weighted by Crippen LogP contribution is 2.17. The van der Waals surface area contributed by atoms with Gasteiger partial charge in [-0.1, -0.05) is 30.3 Å². The van der Waals surface area contributed by atoms with Crippen molar-refractivity contribution < 1.29 is 13.6 Å². The maximum absolute atomic E-state index is 13.0. The molecule has 2 aromatic carbocycles. The molecule has 0 aliphatic carbocycles. The summed E-state index contributed by atoms with van der Waals surface area (Å²) in [6, 6.07) is 12.5. The fraction of sp³-hybridized carbons (Fsp3) is 0.188. The Bertz CT molecular complexity index is 617. The van der Waals surface area contributed by atoms with Crippen LogP contribution in [0.4, 0.5) is 14.5 Å². The van der Waals surface area contributed by atoms with Crippen LogP contribution in [0.15, 0.2) is 48.5 Å². The molecule has 1 amide bonds. The molecule has 1 atom stereocenters. The van der Waals surface area contributed by atoms with Gasteiger partial charge in [-0.3, -0.25) is 4.79 Å². The summed E-state index contributed by atoms with van der Waals surface area (Å²) in [5, 5.41) is 2.52. The fourth-order valence-electron chi connectivity index (χ4n) is 1.95. The first-order valence-corrected chi connectivity index (χ1v) is 6.61. The van der Waals surface area contributed by atoms with Crippen molar-refractivity contribution in [3.05, 3.63) is 65.7 Å². The van der Waals surface area contributed by atoms with Crippen LogP contribution in [0.5, 0.6) is 0 Å². The van der Waals surface area contributed by atoms with Gasteiger partial charge < -0.3 is 11.1 Å². The normalized spacial score (nSPS) is 12.0. The molecule has 110 valence electrons. The van der Waals surface area contributed by atoms with Gasteiger partial charge in [0.2, 0.25) is 5.91 Å². The minimum absolute atomic E-state index is 0.203. The van der Waals surface area contributed by atoms with Gasteiger partial charge in [-0.25, -0.2) is 8.78 Å². The van der Waals surface area contributed by atoms with Crippen molar-refractivity contribution in [2.75, 3.05) is 5.32 Å². The number of rotatable bonds is 5. The van der Waals surface area contributed by atoms with Crippen LogP contribution in [-0.4, -0.2) is 5.91 Å². The lowest BCUT2D eigenvalue weighted by molar-refractivity contribution is -0.116. The van der Waals surface area contributed by atoms with Gasteiger partial charge in [-0.2, -0.15) is 0 Å². The number of benzene rings is 2. The second-order valence-corrected chi connectivity index (χ2v) is 4.73. The summed E-state index contributed by atoms with van der Waals surface area (Å²) in [6.07, 6.45) is 0.675. The fourth-order valence-corrected chi connectivity index (χ4v) is 1.95. The van der Waals surface area contributed by atoms with Gasteiger partial charge in [0.25, 0.3) is 0 Å². The van der Waals surface area contributed by atoms with E-state index in [4.69, 9.17) is 5.73 Å². The van der Waals surface area contributed by atoms with Gasteiger partial charge in [-0.15, -0.1) is 0 Å². The summed E-state index contributed by atoms with van der Waals surface area (Å²) in [7, 11) is 0. The van der Waals surface area contributed by atoms with Crippen LogP contribution in [0, 0.1) is 11.6 Å². The Morgan fingerprint density at radius 3 is 2.48 bits per heavy atom. The van der Waals surface area contributed by atoms with Crippen LogP contribution in [0.2, 0.25) is 0 Å². The van der Waals surface area contributed by atoms with Crippen LogP contribution in [0.3, 0.4) is 0 Å². The molecule has 3 nitrogen and oxygen atoms in total. The van der Waals surface area contributed by atoms with Gasteiger partial charge >= 0.3 is 0 Å². The van der Waals surface area contributed by atoms with E-state index in [1.165, 1.54) is 6.07 Å². The number of anilines is 1. The largest absolute Gasteiger partial charge is 0.326 e. The summed E-state index contributed by atoms with van der Waals surface area (Å²) in [5.74, 6) is -2.22. The predicted molar refractivity (Wildman–Crippen MR) is 77.6 cm³/mol. The number of hydrogen-bond acceptors (Lipinski definition) is 2. The average molecular weight is 290 g/mol. The molecule has 1 unspecified atom stereocenters. The van der Waals surface area contributed by atoms with Crippen LogP contribution < -0.4 is 11.1 Å². The standard InChI is InChI=1S/C16H16F2N2O/c17-13-7-6-12(10-14(13)18)20-16(21)9-8-15(19)11-4-2-1-3-5-11/h1-7,10,15H,8-9,19H2,(H,20,21). The highest BCUT2D eigenvalue weighted by Gasteiger charge is 2.10. The van der Waals surface area contributed by atoms with E-state index in [-0.39, 0.29) is 24.1 Å². The number of carbonyl (C=O) groups is 1. The van der Waals surface area contributed by atoms with E-state index < -0.39 is 11.6 Å². The number of nitrogens with one attached hydrogen (secondary N) is 1. The monoisotopic (exact) mass is 290 g/mol. The predicted octanol–water partition coefficient (Wildman–Crippen LogP) is 3.38. The molecule has 0 fully saturated rings. The molecule has 0 bridgehead atoms. The molecule has 0 heterocycles. The van der Waals surface area contributed by atoms with Gasteiger partial charge in [0.05, 0.1) is 0 Å². The molecule has 0 saturated heterocycles. The van der Waals surface area contributed by atoms with Crippen molar-refractivity contribution >= 4 is 11.6 Å². The maximum Gasteiger partial charge on any atom is 0.224 e. The van der Waals surface area contributed by atoms with Gasteiger partial charge in [0, 0.05) is 24.2 Å². The minimum atomic E-state index is -0.992. The molecule has 2 aromatic rings. The summed E-state index contributed by atoms with van der Waals surface area (Å²) < 4.78 is 25.8. The molecule has 0 aliphatic heterocycles. The molecule has 21 heavy (non-hydrogen) atoms. The number of halogens is 2. The minimum Gasteiger partial charge on any atom is -0.326 e. The molecule has 2 rings (SSSR count). The summed E-state index contributed by atoms with van der Waals surface area (Å²) in [5.41, 5.74) is 7.18. The lowest BCUT2D eigenvalue weighted by Crippen LogP contribution is -2.16. The SMILES string of the molecule is NC(CCC(=O)Nc1ccc(F)c(F)c1)c1ccccc1. The number of hydrogen-bond donors (Lipinski definition) is 2. The Balaban J connectivity index is 1.86. The molecule has 0 spiro atoms. The van der Waals surface area contributed by atoms with Crippen LogP contribution in [0.25, 0.3) is 0 Å². The summed E-state index contributed by atoms with van der Waals surface area (Å²) in [4.78, 5) is 11.8. The third kappa shape index (κ3) is 4.36. The van der Waals surface area contributed by atoms with Crippen LogP contribution in [0.1, 0.15) is 24.4 Å². The molecule has 0 saturated carbocycles. The Labute approximate surface area is 121 Å². The molecule has 0 aliphatic rings. The first kappa shape index (κ1) is 15.1. The Morgan fingerprint density at radius 1 is 1.10 bits per heavy atom. The zero-order valence-corrected chi connectivity index (χ0v) is 11.4. The van der Waals surface area contributed by atoms with Gasteiger partial charge in [-0.05, 0) is 24.1 Å². The van der Waals surface area contributed by atoms with Gasteiger partial charge in [0.1, 0.15) is 0 Å². The average Bonchev–Trinajstić information content (AvgIpc) is 2.49. The molecule has 0 aromatic heterocycles. The Hall–Kier alpha value is -2.27. The zero-order valence-electron chi connectivity index (χ0n) is 11.4. The molecular formula is C16H16F2N2O. The van der Waals surface area contributed by atoms with Crippen molar-refractivity contribution in [3.63, 3.8) is 0 Å². The summed E-state index contributed by atoms with van der Waals surface area (Å²) in [6.45, 7) is 0. The van der Waals surface area contributed by atoms with Crippen LogP contribution in [-0.2, 0) is 4.79 Å². The lowest BCUT2D eigenvalue weighted by Gasteiger charge is -2.12. The van der Waals surface area contributed by atoms with E-state index in [2.05, 4.69) is 5.32 Å². The van der Waals surface area contributed by atoms with Gasteiger partial charge in [0.15, 0.2) is 11.6 Å². The van der Waals surface area contributed by atoms with E-state index in [0.29, 0.717) is 6.42 Å². The van der Waals surface area contributed by atoms with E-state index in [0.717, 1.165) is 17.7 Å². The first-order chi connectivity index (χ1) is 10.1. The third-order valence-corrected chi connectivity index (χ3v) is 3.11. The van der Waals surface area contributed by atoms with Crippen LogP contribution >= 0.6 is 0 Å². The van der Waals surface area contributed by atoms with E-state index in [9.17, 15) is 13.6 Å². The van der Waals surface area contributed by atoms with E-state index in [1.54, 1.807) is 0 Å². The Morgan fingerprint density at radius 2 is 1.81 bits per heavy atom. The zero-order chi connectivity index (χ0) is 15.2. The highest BCUT2D eigenvalue weighted by molar-refractivity contribution is 5.90. The number of carbonyl (C=O) groups excluding carboxylic acids is 1. The second-order valence-electron chi connectivity index (χ2n) is 4.73. The number of nitrogens with two attached hydrogens (primary N) is 1. The molecule has 5 heteroatoms. The van der Waals surface area contributed by atoms with Crippen molar-refractivity contribution in [1.29, 1.82) is 0 Å². The third-order valence-electron chi connectivity index (χ3n) is 3.11. The molecular weight excluding hydrogens is 274 g/mol. The Kier molecular flexibility index (Phi) is 5.00. The van der Waals surface area contributed by atoms with Crippen molar-refractivity contribution in [1.82, 2.24) is 0 Å². The molecule has 0 radical (unpaired) electrons. The summed E-state index contributed by atoms with van der Waals surface area (Å²) >= 11 is 0. The van der Waals surface area contributed by atoms with Crippen molar-refractivity contribution in [3.8, 4) is 0 Å². The first-order valence-electron chi connectivity index (χ1n) is 6.61. The second kappa shape index (κ2) is 6.95.